The molecule has 1 aliphatic heterocycles. The minimum atomic E-state index is -0.627. The Bertz CT molecular complexity index is 574. The molecule has 1 aliphatic rings. The summed E-state index contributed by atoms with van der Waals surface area (Å²) in [5.74, 6) is 0.663. The molecule has 0 spiro atoms. The number of benzene rings is 1. The van der Waals surface area contributed by atoms with Crippen molar-refractivity contribution in [1.29, 1.82) is 0 Å². The maximum Gasteiger partial charge on any atom is 0.310 e. The van der Waals surface area contributed by atoms with Gasteiger partial charge in [-0.3, -0.25) is 9.59 Å². The van der Waals surface area contributed by atoms with Crippen molar-refractivity contribution in [2.75, 3.05) is 26.8 Å². The van der Waals surface area contributed by atoms with Gasteiger partial charge in [-0.15, -0.1) is 0 Å². The molecule has 132 valence electrons. The third-order valence-corrected chi connectivity index (χ3v) is 4.05. The summed E-state index contributed by atoms with van der Waals surface area (Å²) in [6, 6.07) is 7.14. The standard InChI is InChI=1S/C18H25NO5/c1-4-23-18(21)14-7-6-10-19(12-14)17(20)13(2)24-16-9-5-8-15(11-16)22-3/h5,8-9,11,13-14H,4,6-7,10,12H2,1-3H3. The van der Waals surface area contributed by atoms with E-state index < -0.39 is 6.10 Å². The highest BCUT2D eigenvalue weighted by molar-refractivity contribution is 5.82. The van der Waals surface area contributed by atoms with E-state index in [1.165, 1.54) is 0 Å². The van der Waals surface area contributed by atoms with Crippen LogP contribution in [0.1, 0.15) is 26.7 Å². The number of carbonyl (C=O) groups is 2. The van der Waals surface area contributed by atoms with Gasteiger partial charge >= 0.3 is 5.97 Å². The van der Waals surface area contributed by atoms with Gasteiger partial charge < -0.3 is 19.1 Å². The molecule has 2 unspecified atom stereocenters. The lowest BCUT2D eigenvalue weighted by atomic mass is 9.98. The Labute approximate surface area is 142 Å². The van der Waals surface area contributed by atoms with Gasteiger partial charge in [0.2, 0.25) is 0 Å². The number of piperidine rings is 1. The Balaban J connectivity index is 1.95. The van der Waals surface area contributed by atoms with Crippen molar-refractivity contribution >= 4 is 11.9 Å². The fraction of sp³-hybridized carbons (Fsp3) is 0.556. The van der Waals surface area contributed by atoms with Crippen LogP contribution in [0.15, 0.2) is 24.3 Å². The summed E-state index contributed by atoms with van der Waals surface area (Å²) in [5, 5.41) is 0. The van der Waals surface area contributed by atoms with Crippen molar-refractivity contribution < 1.29 is 23.8 Å². The minimum absolute atomic E-state index is 0.119. The Hall–Kier alpha value is -2.24. The number of esters is 1. The predicted octanol–water partition coefficient (Wildman–Crippen LogP) is 2.26. The number of likely N-dealkylation sites (tertiary alicyclic amines) is 1. The Kier molecular flexibility index (Phi) is 6.46. The first kappa shape index (κ1) is 18.1. The molecule has 1 fully saturated rings. The monoisotopic (exact) mass is 335 g/mol. The summed E-state index contributed by atoms with van der Waals surface area (Å²) in [6.45, 7) is 4.89. The molecule has 2 atom stereocenters. The second-order valence-electron chi connectivity index (χ2n) is 5.81. The quantitative estimate of drug-likeness (QED) is 0.746. The van der Waals surface area contributed by atoms with Gasteiger partial charge in [0.1, 0.15) is 11.5 Å². The topological polar surface area (TPSA) is 65.1 Å². The van der Waals surface area contributed by atoms with Gasteiger partial charge in [0.05, 0.1) is 19.6 Å². The number of methoxy groups -OCH3 is 1. The van der Waals surface area contributed by atoms with Crippen molar-refractivity contribution in [2.24, 2.45) is 5.92 Å². The van der Waals surface area contributed by atoms with Crippen LogP contribution in [0.4, 0.5) is 0 Å². The fourth-order valence-electron chi connectivity index (χ4n) is 2.82. The van der Waals surface area contributed by atoms with Crippen LogP contribution < -0.4 is 9.47 Å². The molecule has 1 heterocycles. The summed E-state index contributed by atoms with van der Waals surface area (Å²) in [5.41, 5.74) is 0. The molecule has 24 heavy (non-hydrogen) atoms. The zero-order valence-electron chi connectivity index (χ0n) is 14.5. The van der Waals surface area contributed by atoms with E-state index in [0.717, 1.165) is 12.8 Å². The van der Waals surface area contributed by atoms with Crippen LogP contribution in [-0.2, 0) is 14.3 Å². The normalized spacial score (nSPS) is 18.6. The fourth-order valence-corrected chi connectivity index (χ4v) is 2.82. The van der Waals surface area contributed by atoms with Crippen molar-refractivity contribution in [3.8, 4) is 11.5 Å². The van der Waals surface area contributed by atoms with Crippen molar-refractivity contribution in [3.05, 3.63) is 24.3 Å². The van der Waals surface area contributed by atoms with E-state index in [4.69, 9.17) is 14.2 Å². The molecule has 0 bridgehead atoms. The molecule has 0 aromatic heterocycles. The third kappa shape index (κ3) is 4.63. The van der Waals surface area contributed by atoms with Crippen molar-refractivity contribution in [1.82, 2.24) is 4.90 Å². The molecule has 2 rings (SSSR count). The lowest BCUT2D eigenvalue weighted by Gasteiger charge is -2.33. The summed E-state index contributed by atoms with van der Waals surface area (Å²) in [7, 11) is 1.58. The summed E-state index contributed by atoms with van der Waals surface area (Å²) >= 11 is 0. The average molecular weight is 335 g/mol. The van der Waals surface area contributed by atoms with Crippen LogP contribution in [0, 0.1) is 5.92 Å². The van der Waals surface area contributed by atoms with Crippen LogP contribution >= 0.6 is 0 Å². The molecule has 6 heteroatoms. The van der Waals surface area contributed by atoms with E-state index in [1.807, 2.05) is 12.1 Å². The highest BCUT2D eigenvalue weighted by Gasteiger charge is 2.31. The average Bonchev–Trinajstić information content (AvgIpc) is 2.61. The Morgan fingerprint density at radius 3 is 2.79 bits per heavy atom. The second-order valence-corrected chi connectivity index (χ2v) is 5.81. The van der Waals surface area contributed by atoms with Crippen LogP contribution in [-0.4, -0.2) is 49.7 Å². The SMILES string of the molecule is CCOC(=O)C1CCCN(C(=O)C(C)Oc2cccc(OC)c2)C1. The molecule has 0 N–H and O–H groups in total. The third-order valence-electron chi connectivity index (χ3n) is 4.05. The van der Waals surface area contributed by atoms with Crippen LogP contribution in [0.5, 0.6) is 11.5 Å². The first-order chi connectivity index (χ1) is 11.5. The predicted molar refractivity (Wildman–Crippen MR) is 89.0 cm³/mol. The maximum atomic E-state index is 12.6. The first-order valence-corrected chi connectivity index (χ1v) is 8.31. The van der Waals surface area contributed by atoms with Crippen LogP contribution in [0.2, 0.25) is 0 Å². The molecule has 6 nitrogen and oxygen atoms in total. The zero-order chi connectivity index (χ0) is 17.5. The zero-order valence-corrected chi connectivity index (χ0v) is 14.5. The summed E-state index contributed by atoms with van der Waals surface area (Å²) in [6.07, 6.45) is 0.924. The molecule has 1 aromatic carbocycles. The van der Waals surface area contributed by atoms with E-state index in [9.17, 15) is 9.59 Å². The number of hydrogen-bond donors (Lipinski definition) is 0. The van der Waals surface area contributed by atoms with E-state index in [1.54, 1.807) is 38.0 Å². The molecular weight excluding hydrogens is 310 g/mol. The van der Waals surface area contributed by atoms with E-state index in [2.05, 4.69) is 0 Å². The summed E-state index contributed by atoms with van der Waals surface area (Å²) in [4.78, 5) is 26.2. The lowest BCUT2D eigenvalue weighted by molar-refractivity contribution is -0.152. The van der Waals surface area contributed by atoms with Crippen molar-refractivity contribution in [2.45, 2.75) is 32.8 Å². The Morgan fingerprint density at radius 1 is 1.33 bits per heavy atom. The molecule has 0 saturated carbocycles. The van der Waals surface area contributed by atoms with Gasteiger partial charge in [0.25, 0.3) is 5.91 Å². The van der Waals surface area contributed by atoms with Gasteiger partial charge in [-0.2, -0.15) is 0 Å². The van der Waals surface area contributed by atoms with Crippen LogP contribution in [0.3, 0.4) is 0 Å². The molecule has 1 saturated heterocycles. The first-order valence-electron chi connectivity index (χ1n) is 8.31. The maximum absolute atomic E-state index is 12.6. The van der Waals surface area contributed by atoms with Gasteiger partial charge in [0, 0.05) is 19.2 Å². The van der Waals surface area contributed by atoms with Crippen LogP contribution in [0.25, 0.3) is 0 Å². The molecule has 0 radical (unpaired) electrons. The molecule has 0 aliphatic carbocycles. The number of rotatable bonds is 6. The number of hydrogen-bond acceptors (Lipinski definition) is 5. The number of carbonyl (C=O) groups excluding carboxylic acids is 2. The van der Waals surface area contributed by atoms with E-state index in [0.29, 0.717) is 31.2 Å². The van der Waals surface area contributed by atoms with Crippen molar-refractivity contribution in [3.63, 3.8) is 0 Å². The minimum Gasteiger partial charge on any atom is -0.497 e. The highest BCUT2D eigenvalue weighted by Crippen LogP contribution is 2.22. The molecule has 1 amide bonds. The largest absolute Gasteiger partial charge is 0.497 e. The van der Waals surface area contributed by atoms with E-state index >= 15 is 0 Å². The van der Waals surface area contributed by atoms with Gasteiger partial charge in [-0.05, 0) is 38.8 Å². The molecular formula is C18H25NO5. The highest BCUT2D eigenvalue weighted by atomic mass is 16.5. The smallest absolute Gasteiger partial charge is 0.310 e. The number of nitrogens with zero attached hydrogens (tertiary/aromatic N) is 1. The van der Waals surface area contributed by atoms with Gasteiger partial charge in [0.15, 0.2) is 6.10 Å². The van der Waals surface area contributed by atoms with Gasteiger partial charge in [-0.1, -0.05) is 6.07 Å². The number of ether oxygens (including phenoxy) is 3. The van der Waals surface area contributed by atoms with E-state index in [-0.39, 0.29) is 17.8 Å². The second kappa shape index (κ2) is 8.57. The van der Waals surface area contributed by atoms with Gasteiger partial charge in [-0.25, -0.2) is 0 Å². The molecule has 1 aromatic rings. The lowest BCUT2D eigenvalue weighted by Crippen LogP contribution is -2.47. The Morgan fingerprint density at radius 2 is 2.08 bits per heavy atom. The summed E-state index contributed by atoms with van der Waals surface area (Å²) < 4.78 is 15.9. The number of amides is 1.